The van der Waals surface area contributed by atoms with E-state index in [4.69, 9.17) is 0 Å². The summed E-state index contributed by atoms with van der Waals surface area (Å²) in [6, 6.07) is 0. The number of hydrogen-bond acceptors (Lipinski definition) is 0. The second-order valence-corrected chi connectivity index (χ2v) is 9.04. The van der Waals surface area contributed by atoms with Crippen molar-refractivity contribution in [3.63, 3.8) is 0 Å². The van der Waals surface area contributed by atoms with Gasteiger partial charge in [-0.1, -0.05) is 16.2 Å². The van der Waals surface area contributed by atoms with E-state index in [0.29, 0.717) is 31.9 Å². The molecular weight excluding hydrogens is 191 g/mol. The third-order valence-electron chi connectivity index (χ3n) is 8.51. The molecule has 0 aromatic heterocycles. The van der Waals surface area contributed by atoms with Crippen LogP contribution in [0.5, 0.6) is 0 Å². The van der Waals surface area contributed by atoms with E-state index in [1.807, 2.05) is 0 Å². The first-order chi connectivity index (χ1) is 7.15. The van der Waals surface area contributed by atoms with Gasteiger partial charge in [-0.3, -0.25) is 0 Å². The molecule has 0 atom stereocenters. The fourth-order valence-electron chi connectivity index (χ4n) is 4.38. The molecule has 1 aliphatic rings. The molecule has 1 saturated carbocycles. The Morgan fingerprint density at radius 3 is 0.941 bits per heavy atom. The van der Waals surface area contributed by atoms with E-state index in [-0.39, 0.29) is 0 Å². The van der Waals surface area contributed by atoms with E-state index in [0.717, 1.165) is 0 Å². The summed E-state index contributed by atoms with van der Waals surface area (Å²) in [5, 5.41) is 1.70. The molecule has 0 nitrogen and oxygen atoms in total. The lowest BCUT2D eigenvalue weighted by atomic mass is 8.99. The first kappa shape index (κ1) is 15.8. The van der Waals surface area contributed by atoms with Crippen LogP contribution < -0.4 is 0 Å². The molecule has 0 bridgehead atoms. The van der Waals surface area contributed by atoms with Crippen molar-refractivity contribution in [1.82, 2.24) is 0 Å². The zero-order chi connectivity index (χ0) is 14.1. The van der Waals surface area contributed by atoms with Crippen LogP contribution in [-0.4, -0.2) is 86.3 Å². The first-order valence-electron chi connectivity index (χ1n) is 7.15. The van der Waals surface area contributed by atoms with E-state index in [1.165, 1.54) is 0 Å². The Balaban J connectivity index is 3.56. The zero-order valence-electron chi connectivity index (χ0n) is 14.1. The Hall–Kier alpha value is 0.714. The summed E-state index contributed by atoms with van der Waals surface area (Å²) in [7, 11) is 27.2. The predicted octanol–water partition coefficient (Wildman–Crippen LogP) is -8.67. The molecule has 17 heavy (non-hydrogen) atoms. The standard InChI is InChI=1S/C6H23B11/c7-1-2(8,9)4(12,13)6(16,17)5(14,15)3(1,10)11/h1H,7-17H2. The molecule has 0 unspecified atom stereocenters. The molecule has 0 N–H and O–H groups in total. The van der Waals surface area contributed by atoms with Crippen LogP contribution >= 0.6 is 0 Å². The molecule has 11 heteroatoms. The van der Waals surface area contributed by atoms with Crippen molar-refractivity contribution in [2.45, 2.75) is 31.9 Å². The predicted molar refractivity (Wildman–Crippen MR) is 111 cm³/mol. The van der Waals surface area contributed by atoms with Gasteiger partial charge >= 0.3 is 0 Å². The summed E-state index contributed by atoms with van der Waals surface area (Å²) in [5.41, 5.74) is 0. The largest absolute Gasteiger partial charge is 0.103 e. The molecule has 0 radical (unpaired) electrons. The highest BCUT2D eigenvalue weighted by Crippen LogP contribution is 2.81. The Kier molecular flexibility index (Phi) is 3.37. The lowest BCUT2D eigenvalue weighted by molar-refractivity contribution is 0.353. The summed E-state index contributed by atoms with van der Waals surface area (Å²) in [6.45, 7) is 0. The molecule has 1 aliphatic carbocycles. The minimum absolute atomic E-state index is 0.319. The molecule has 0 aromatic rings. The Labute approximate surface area is 118 Å². The summed E-state index contributed by atoms with van der Waals surface area (Å²) in [6.07, 6.45) is 0. The van der Waals surface area contributed by atoms with Gasteiger partial charge in [0, 0.05) is 0 Å². The van der Waals surface area contributed by atoms with Crippen LogP contribution in [0.4, 0.5) is 0 Å². The molecular formula is C6H23B11. The van der Waals surface area contributed by atoms with E-state index in [2.05, 4.69) is 86.3 Å². The van der Waals surface area contributed by atoms with Gasteiger partial charge in [-0.15, -0.1) is 15.6 Å². The summed E-state index contributed by atoms with van der Waals surface area (Å²) >= 11 is 0. The SMILES string of the molecule is BC1C(B)(B)C(B)(B)C(B)(B)C(B)(B)C1(B)B. The van der Waals surface area contributed by atoms with E-state index in [9.17, 15) is 0 Å². The van der Waals surface area contributed by atoms with Gasteiger partial charge in [-0.05, 0) is 0 Å². The van der Waals surface area contributed by atoms with Crippen LogP contribution in [0.1, 0.15) is 0 Å². The Morgan fingerprint density at radius 2 is 0.706 bits per heavy atom. The smallest absolute Gasteiger partial charge is 0.102 e. The third-order valence-corrected chi connectivity index (χ3v) is 8.51. The highest BCUT2D eigenvalue weighted by molar-refractivity contribution is 6.71. The molecule has 0 saturated heterocycles. The van der Waals surface area contributed by atoms with Gasteiger partial charge in [0.2, 0.25) is 0 Å². The fourth-order valence-corrected chi connectivity index (χ4v) is 4.38. The zero-order valence-corrected chi connectivity index (χ0v) is 14.1. The molecule has 1 fully saturated rings. The van der Waals surface area contributed by atoms with Crippen LogP contribution in [0.25, 0.3) is 0 Å². The number of hydrogen-bond donors (Lipinski definition) is 0. The summed E-state index contributed by atoms with van der Waals surface area (Å²) in [5.74, 6) is 0.716. The van der Waals surface area contributed by atoms with E-state index >= 15 is 0 Å². The van der Waals surface area contributed by atoms with Crippen LogP contribution in [0.2, 0.25) is 31.9 Å². The van der Waals surface area contributed by atoms with Gasteiger partial charge in [-0.2, -0.15) is 0 Å². The highest BCUT2D eigenvalue weighted by Gasteiger charge is 2.64. The summed E-state index contributed by atoms with van der Waals surface area (Å²) < 4.78 is 0. The van der Waals surface area contributed by atoms with Crippen molar-refractivity contribution in [2.24, 2.45) is 0 Å². The molecule has 0 amide bonds. The highest BCUT2D eigenvalue weighted by atomic mass is 14.5. The summed E-state index contributed by atoms with van der Waals surface area (Å²) in [4.78, 5) is 0. The van der Waals surface area contributed by atoms with Gasteiger partial charge in [0.05, 0.1) is 78.5 Å². The van der Waals surface area contributed by atoms with Crippen molar-refractivity contribution >= 4 is 86.3 Å². The van der Waals surface area contributed by atoms with Gasteiger partial charge in [-0.25, -0.2) is 0 Å². The molecule has 0 aromatic carbocycles. The fraction of sp³-hybridized carbons (Fsp3) is 1.00. The normalized spacial score (nSPS) is 32.7. The van der Waals surface area contributed by atoms with Crippen molar-refractivity contribution < 1.29 is 0 Å². The van der Waals surface area contributed by atoms with Crippen LogP contribution in [-0.2, 0) is 0 Å². The number of rotatable bonds is 0. The van der Waals surface area contributed by atoms with E-state index in [1.54, 1.807) is 0 Å². The maximum atomic E-state index is 2.47. The molecule has 80 valence electrons. The topological polar surface area (TPSA) is 0 Å². The average Bonchev–Trinajstić information content (AvgIpc) is 2.13. The minimum Gasteiger partial charge on any atom is -0.102 e. The third kappa shape index (κ3) is 1.52. The molecule has 0 heterocycles. The van der Waals surface area contributed by atoms with Crippen LogP contribution in [0.15, 0.2) is 0 Å². The van der Waals surface area contributed by atoms with Crippen molar-refractivity contribution in [3.05, 3.63) is 0 Å². The van der Waals surface area contributed by atoms with Crippen molar-refractivity contribution in [2.75, 3.05) is 0 Å². The Bertz CT molecular complexity index is 299. The quantitative estimate of drug-likeness (QED) is 0.351. The maximum absolute atomic E-state index is 2.47. The second-order valence-electron chi connectivity index (χ2n) is 9.04. The minimum atomic E-state index is 0.319. The van der Waals surface area contributed by atoms with Gasteiger partial charge in [0.25, 0.3) is 0 Å². The maximum Gasteiger partial charge on any atom is 0.103 e. The lowest BCUT2D eigenvalue weighted by Gasteiger charge is -2.75. The lowest BCUT2D eigenvalue weighted by Crippen LogP contribution is -2.62. The van der Waals surface area contributed by atoms with E-state index < -0.39 is 0 Å². The van der Waals surface area contributed by atoms with Crippen molar-refractivity contribution in [1.29, 1.82) is 0 Å². The molecule has 0 aliphatic heterocycles. The van der Waals surface area contributed by atoms with Gasteiger partial charge in [0.15, 0.2) is 0 Å². The van der Waals surface area contributed by atoms with Crippen LogP contribution in [0, 0.1) is 0 Å². The van der Waals surface area contributed by atoms with Crippen molar-refractivity contribution in [3.8, 4) is 0 Å². The second kappa shape index (κ2) is 3.63. The first-order valence-corrected chi connectivity index (χ1v) is 7.15. The van der Waals surface area contributed by atoms with Gasteiger partial charge in [0.1, 0.15) is 7.85 Å². The Morgan fingerprint density at radius 1 is 0.471 bits per heavy atom. The monoisotopic (exact) mass is 216 g/mol. The molecule has 1 rings (SSSR count). The molecule has 0 spiro atoms. The average molecular weight is 214 g/mol. The van der Waals surface area contributed by atoms with Gasteiger partial charge < -0.3 is 0 Å². The van der Waals surface area contributed by atoms with Crippen LogP contribution in [0.3, 0.4) is 0 Å².